The number of nitrogens with zero attached hydrogens (tertiary/aromatic N) is 2. The molecule has 0 saturated carbocycles. The van der Waals surface area contributed by atoms with Crippen LogP contribution in [0.4, 0.5) is 34.1 Å². The monoisotopic (exact) mass is 618 g/mol. The van der Waals surface area contributed by atoms with Crippen LogP contribution in [-0.4, -0.2) is 0 Å². The van der Waals surface area contributed by atoms with Crippen molar-refractivity contribution in [2.45, 2.75) is 13.3 Å². The number of fused-ring (bicyclic) bond motifs is 1. The Morgan fingerprint density at radius 1 is 0.500 bits per heavy atom. The van der Waals surface area contributed by atoms with Crippen LogP contribution < -0.4 is 9.80 Å². The number of benzene rings is 7. The first-order chi connectivity index (χ1) is 23.6. The van der Waals surface area contributed by atoms with E-state index in [2.05, 4.69) is 194 Å². The summed E-state index contributed by atoms with van der Waals surface area (Å²) in [6.07, 6.45) is 4.62. The molecule has 2 heteroatoms. The standard InChI is InChI=1S/C46H38N2/c1-4-35-20-27-41(28-21-35)47(40-14-7-6-8-15-40)42-29-22-36(23-30-42)32-39-33-44(31-24-37(39)5-2)48(43-25-18-34(3)19-26-43)46-17-11-13-38-12-9-10-16-45(38)46/h4-31,33H,1-2,32H2,3H3. The number of hydrogen-bond donors (Lipinski definition) is 0. The van der Waals surface area contributed by atoms with Gasteiger partial charge in [0.2, 0.25) is 0 Å². The Hall–Kier alpha value is -6.12. The molecule has 0 atom stereocenters. The minimum atomic E-state index is 0.784. The average molecular weight is 619 g/mol. The highest BCUT2D eigenvalue weighted by Crippen LogP contribution is 2.40. The smallest absolute Gasteiger partial charge is 0.0540 e. The average Bonchev–Trinajstić information content (AvgIpc) is 3.14. The van der Waals surface area contributed by atoms with Crippen LogP contribution in [0, 0.1) is 6.92 Å². The molecular formula is C46H38N2. The van der Waals surface area contributed by atoms with Gasteiger partial charge in [-0.05, 0) is 108 Å². The molecule has 0 N–H and O–H groups in total. The summed E-state index contributed by atoms with van der Waals surface area (Å²) in [5, 5.41) is 2.43. The molecule has 0 unspecified atom stereocenters. The van der Waals surface area contributed by atoms with Crippen molar-refractivity contribution in [3.8, 4) is 0 Å². The van der Waals surface area contributed by atoms with Crippen LogP contribution in [0.1, 0.15) is 27.8 Å². The van der Waals surface area contributed by atoms with Crippen molar-refractivity contribution in [3.63, 3.8) is 0 Å². The van der Waals surface area contributed by atoms with Crippen molar-refractivity contribution in [2.24, 2.45) is 0 Å². The summed E-state index contributed by atoms with van der Waals surface area (Å²) < 4.78 is 0. The van der Waals surface area contributed by atoms with Gasteiger partial charge in [-0.3, -0.25) is 0 Å². The van der Waals surface area contributed by atoms with Gasteiger partial charge in [0.1, 0.15) is 0 Å². The third-order valence-corrected chi connectivity index (χ3v) is 8.89. The fourth-order valence-corrected chi connectivity index (χ4v) is 6.37. The fourth-order valence-electron chi connectivity index (χ4n) is 6.37. The number of aryl methyl sites for hydroxylation is 1. The topological polar surface area (TPSA) is 6.48 Å². The maximum atomic E-state index is 4.17. The van der Waals surface area contributed by atoms with Crippen molar-refractivity contribution in [1.82, 2.24) is 0 Å². The van der Waals surface area contributed by atoms with E-state index in [-0.39, 0.29) is 0 Å². The first-order valence-corrected chi connectivity index (χ1v) is 16.4. The third-order valence-electron chi connectivity index (χ3n) is 8.89. The van der Waals surface area contributed by atoms with Crippen LogP contribution in [0.25, 0.3) is 22.9 Å². The second kappa shape index (κ2) is 13.7. The van der Waals surface area contributed by atoms with Gasteiger partial charge in [-0.15, -0.1) is 0 Å². The van der Waals surface area contributed by atoms with Crippen molar-refractivity contribution < 1.29 is 0 Å². The van der Waals surface area contributed by atoms with Crippen molar-refractivity contribution in [3.05, 3.63) is 205 Å². The largest absolute Gasteiger partial charge is 0.311 e. The van der Waals surface area contributed by atoms with E-state index in [9.17, 15) is 0 Å². The van der Waals surface area contributed by atoms with Gasteiger partial charge >= 0.3 is 0 Å². The lowest BCUT2D eigenvalue weighted by Crippen LogP contribution is -2.11. The number of hydrogen-bond acceptors (Lipinski definition) is 2. The van der Waals surface area contributed by atoms with Gasteiger partial charge in [-0.25, -0.2) is 0 Å². The Morgan fingerprint density at radius 3 is 1.79 bits per heavy atom. The molecule has 0 heterocycles. The van der Waals surface area contributed by atoms with Gasteiger partial charge < -0.3 is 9.80 Å². The predicted molar refractivity (Wildman–Crippen MR) is 207 cm³/mol. The van der Waals surface area contributed by atoms with Crippen LogP contribution in [-0.2, 0) is 6.42 Å². The molecule has 0 aliphatic carbocycles. The second-order valence-corrected chi connectivity index (χ2v) is 12.1. The quantitative estimate of drug-likeness (QED) is 0.150. The molecule has 0 fully saturated rings. The molecule has 0 aliphatic heterocycles. The first kappa shape index (κ1) is 30.5. The highest BCUT2D eigenvalue weighted by molar-refractivity contribution is 5.99. The van der Waals surface area contributed by atoms with E-state index in [1.54, 1.807) is 0 Å². The van der Waals surface area contributed by atoms with Crippen molar-refractivity contribution in [2.75, 3.05) is 9.80 Å². The lowest BCUT2D eigenvalue weighted by atomic mass is 9.97. The minimum absolute atomic E-state index is 0.784. The summed E-state index contributed by atoms with van der Waals surface area (Å²) in [4.78, 5) is 4.66. The highest BCUT2D eigenvalue weighted by atomic mass is 15.1. The lowest BCUT2D eigenvalue weighted by Gasteiger charge is -2.28. The van der Waals surface area contributed by atoms with Crippen LogP contribution >= 0.6 is 0 Å². The SMILES string of the molecule is C=Cc1ccc(N(c2ccccc2)c2ccc(Cc3cc(N(c4ccc(C)cc4)c4cccc5ccccc45)ccc3C=C)cc2)cc1. The zero-order valence-electron chi connectivity index (χ0n) is 27.3. The molecule has 2 nitrogen and oxygen atoms in total. The molecule has 0 amide bonds. The minimum Gasteiger partial charge on any atom is -0.311 e. The van der Waals surface area contributed by atoms with Gasteiger partial charge in [-0.1, -0.05) is 128 Å². The van der Waals surface area contributed by atoms with E-state index in [0.29, 0.717) is 0 Å². The Morgan fingerprint density at radius 2 is 1.08 bits per heavy atom. The molecule has 0 spiro atoms. The maximum Gasteiger partial charge on any atom is 0.0540 e. The zero-order chi connectivity index (χ0) is 32.9. The summed E-state index contributed by atoms with van der Waals surface area (Å²) >= 11 is 0. The fraction of sp³-hybridized carbons (Fsp3) is 0.0435. The zero-order valence-corrected chi connectivity index (χ0v) is 27.3. The van der Waals surface area contributed by atoms with Gasteiger partial charge in [0.15, 0.2) is 0 Å². The Kier molecular flexibility index (Phi) is 8.72. The van der Waals surface area contributed by atoms with Crippen LogP contribution in [0.15, 0.2) is 177 Å². The van der Waals surface area contributed by atoms with E-state index in [4.69, 9.17) is 0 Å². The molecular weight excluding hydrogens is 581 g/mol. The van der Waals surface area contributed by atoms with E-state index in [1.807, 2.05) is 12.2 Å². The molecule has 7 aromatic rings. The van der Waals surface area contributed by atoms with Gasteiger partial charge in [0.05, 0.1) is 5.69 Å². The summed E-state index contributed by atoms with van der Waals surface area (Å²) in [7, 11) is 0. The lowest BCUT2D eigenvalue weighted by molar-refractivity contribution is 1.17. The molecule has 48 heavy (non-hydrogen) atoms. The van der Waals surface area contributed by atoms with Crippen molar-refractivity contribution in [1.29, 1.82) is 0 Å². The molecule has 7 rings (SSSR count). The summed E-state index contributed by atoms with van der Waals surface area (Å²) in [5.74, 6) is 0. The van der Waals surface area contributed by atoms with E-state index >= 15 is 0 Å². The molecule has 7 aromatic carbocycles. The number of para-hydroxylation sites is 1. The predicted octanol–water partition coefficient (Wildman–Crippen LogP) is 13.0. The summed E-state index contributed by atoms with van der Waals surface area (Å²) in [6, 6.07) is 58.6. The maximum absolute atomic E-state index is 4.17. The molecule has 0 aliphatic rings. The Bertz CT molecular complexity index is 2170. The number of anilines is 6. The second-order valence-electron chi connectivity index (χ2n) is 12.1. The Balaban J connectivity index is 1.26. The van der Waals surface area contributed by atoms with Crippen LogP contribution in [0.5, 0.6) is 0 Å². The first-order valence-electron chi connectivity index (χ1n) is 16.4. The summed E-state index contributed by atoms with van der Waals surface area (Å²) in [5.41, 5.74) is 12.7. The van der Waals surface area contributed by atoms with E-state index in [0.717, 1.165) is 51.7 Å². The van der Waals surface area contributed by atoms with E-state index < -0.39 is 0 Å². The molecule has 232 valence electrons. The van der Waals surface area contributed by atoms with Gasteiger partial charge in [-0.2, -0.15) is 0 Å². The molecule has 0 saturated heterocycles. The van der Waals surface area contributed by atoms with Crippen LogP contribution in [0.3, 0.4) is 0 Å². The summed E-state index contributed by atoms with van der Waals surface area (Å²) in [6.45, 7) is 10.2. The molecule has 0 aromatic heterocycles. The van der Waals surface area contributed by atoms with Gasteiger partial charge in [0, 0.05) is 33.8 Å². The Labute approximate surface area is 284 Å². The van der Waals surface area contributed by atoms with E-state index in [1.165, 1.54) is 27.5 Å². The third kappa shape index (κ3) is 6.29. The van der Waals surface area contributed by atoms with Crippen molar-refractivity contribution >= 4 is 57.0 Å². The number of rotatable bonds is 10. The molecule has 0 bridgehead atoms. The molecule has 0 radical (unpaired) electrons. The normalized spacial score (nSPS) is 10.9. The highest BCUT2D eigenvalue weighted by Gasteiger charge is 2.17. The van der Waals surface area contributed by atoms with Crippen LogP contribution in [0.2, 0.25) is 0 Å². The van der Waals surface area contributed by atoms with Gasteiger partial charge in [0.25, 0.3) is 0 Å².